The van der Waals surface area contributed by atoms with E-state index in [4.69, 9.17) is 4.74 Å². The quantitative estimate of drug-likeness (QED) is 0.589. The zero-order chi connectivity index (χ0) is 9.40. The van der Waals surface area contributed by atoms with Crippen molar-refractivity contribution in [3.63, 3.8) is 0 Å². The third-order valence-corrected chi connectivity index (χ3v) is 6.11. The topological polar surface area (TPSA) is 46.5 Å². The molecule has 14 heavy (non-hydrogen) atoms. The number of methoxy groups -OCH3 is 1. The second-order valence-electron chi connectivity index (χ2n) is 5.80. The summed E-state index contributed by atoms with van der Waals surface area (Å²) in [6.45, 7) is 0. The van der Waals surface area contributed by atoms with E-state index in [1.807, 2.05) is 0 Å². The second-order valence-corrected chi connectivity index (χ2v) is 5.80. The number of hydrogen-bond acceptors (Lipinski definition) is 3. The van der Waals surface area contributed by atoms with Gasteiger partial charge in [-0.25, -0.2) is 0 Å². The minimum Gasteiger partial charge on any atom is -0.469 e. The highest BCUT2D eigenvalue weighted by atomic mass is 16.5. The minimum absolute atomic E-state index is 0.0295. The lowest BCUT2D eigenvalue weighted by Crippen LogP contribution is -2.25. The lowest BCUT2D eigenvalue weighted by atomic mass is 9.97. The van der Waals surface area contributed by atoms with E-state index in [1.165, 1.54) is 7.11 Å². The molecular formula is C11H12O3. The molecule has 6 atom stereocenters. The molecule has 0 aliphatic heterocycles. The molecule has 6 aliphatic rings. The van der Waals surface area contributed by atoms with E-state index < -0.39 is 0 Å². The summed E-state index contributed by atoms with van der Waals surface area (Å²) in [5.41, 5.74) is -0.0847. The van der Waals surface area contributed by atoms with Crippen LogP contribution in [0.5, 0.6) is 0 Å². The van der Waals surface area contributed by atoms with Gasteiger partial charge in [-0.05, 0) is 41.4 Å². The molecule has 6 fully saturated rings. The van der Waals surface area contributed by atoms with E-state index in [2.05, 4.69) is 0 Å². The van der Waals surface area contributed by atoms with Crippen molar-refractivity contribution in [1.82, 2.24) is 0 Å². The predicted octanol–water partition coefficient (Wildman–Crippen LogP) is -0.112. The molecule has 0 heterocycles. The van der Waals surface area contributed by atoms with Crippen molar-refractivity contribution in [1.29, 1.82) is 0 Å². The van der Waals surface area contributed by atoms with Crippen LogP contribution in [0.15, 0.2) is 0 Å². The predicted molar refractivity (Wildman–Crippen MR) is 44.9 cm³/mol. The van der Waals surface area contributed by atoms with Crippen molar-refractivity contribution < 1.29 is 14.6 Å². The van der Waals surface area contributed by atoms with Gasteiger partial charge in [-0.2, -0.15) is 0 Å². The van der Waals surface area contributed by atoms with Crippen molar-refractivity contribution in [2.24, 2.45) is 46.8 Å². The number of aliphatic hydroxyl groups excluding tert-OH is 1. The second kappa shape index (κ2) is 1.45. The molecule has 0 unspecified atom stereocenters. The van der Waals surface area contributed by atoms with E-state index in [0.717, 1.165) is 0 Å². The molecule has 0 spiro atoms. The van der Waals surface area contributed by atoms with Crippen LogP contribution in [-0.4, -0.2) is 24.3 Å². The molecular weight excluding hydrogens is 180 g/mol. The molecule has 6 rings (SSSR count). The molecule has 74 valence electrons. The Morgan fingerprint density at radius 2 is 1.71 bits per heavy atom. The summed E-state index contributed by atoms with van der Waals surface area (Å²) in [4.78, 5) is 11.8. The number of aliphatic hydroxyl groups is 1. The first-order valence-electron chi connectivity index (χ1n) is 5.52. The summed E-state index contributed by atoms with van der Waals surface area (Å²) in [6.07, 6.45) is -0.0727. The Kier molecular flexibility index (Phi) is 0.709. The van der Waals surface area contributed by atoms with E-state index in [0.29, 0.717) is 41.4 Å². The van der Waals surface area contributed by atoms with Crippen LogP contribution in [0.2, 0.25) is 0 Å². The lowest BCUT2D eigenvalue weighted by molar-refractivity contribution is -0.148. The molecule has 3 nitrogen and oxygen atoms in total. The fourth-order valence-electron chi connectivity index (χ4n) is 6.21. The highest BCUT2D eigenvalue weighted by Gasteiger charge is 3.02. The first-order chi connectivity index (χ1) is 6.76. The van der Waals surface area contributed by atoms with Gasteiger partial charge in [0.2, 0.25) is 0 Å². The zero-order valence-electron chi connectivity index (χ0n) is 7.88. The Hall–Kier alpha value is -0.570. The van der Waals surface area contributed by atoms with Gasteiger partial charge in [0.15, 0.2) is 0 Å². The van der Waals surface area contributed by atoms with Gasteiger partial charge in [0.25, 0.3) is 0 Å². The molecule has 2 bridgehead atoms. The van der Waals surface area contributed by atoms with Crippen LogP contribution in [0.3, 0.4) is 0 Å². The van der Waals surface area contributed by atoms with Gasteiger partial charge < -0.3 is 9.84 Å². The molecule has 0 aromatic heterocycles. The summed E-state index contributed by atoms with van der Waals surface area (Å²) >= 11 is 0. The monoisotopic (exact) mass is 192 g/mol. The minimum atomic E-state index is -0.0847. The van der Waals surface area contributed by atoms with Crippen molar-refractivity contribution in [2.75, 3.05) is 7.11 Å². The van der Waals surface area contributed by atoms with Gasteiger partial charge in [-0.15, -0.1) is 0 Å². The summed E-state index contributed by atoms with van der Waals surface area (Å²) in [5, 5.41) is 9.96. The Morgan fingerprint density at radius 3 is 2.14 bits per heavy atom. The summed E-state index contributed by atoms with van der Waals surface area (Å²) in [7, 11) is 1.50. The van der Waals surface area contributed by atoms with Gasteiger partial charge in [-0.1, -0.05) is 0 Å². The zero-order valence-corrected chi connectivity index (χ0v) is 7.88. The van der Waals surface area contributed by atoms with Crippen LogP contribution in [0.25, 0.3) is 0 Å². The van der Waals surface area contributed by atoms with E-state index in [1.54, 1.807) is 0 Å². The van der Waals surface area contributed by atoms with E-state index in [9.17, 15) is 9.90 Å². The molecule has 0 saturated heterocycles. The van der Waals surface area contributed by atoms with Crippen LogP contribution >= 0.6 is 0 Å². The molecule has 6 aliphatic carbocycles. The standard InChI is InChI=1S/C11H12O3/c1-14-10(13)11-6-2-3(6)5-8(11)7(11)4(2)9(5)12/h2-9,12H,1H3/t2-,3-,4+,5+,6?,7-,8-,9?,11?/m0/s1. The van der Waals surface area contributed by atoms with Crippen molar-refractivity contribution in [3.05, 3.63) is 0 Å². The van der Waals surface area contributed by atoms with Crippen molar-refractivity contribution >= 4 is 5.97 Å². The first-order valence-corrected chi connectivity index (χ1v) is 5.52. The molecule has 0 amide bonds. The Morgan fingerprint density at radius 1 is 1.14 bits per heavy atom. The van der Waals surface area contributed by atoms with E-state index >= 15 is 0 Å². The van der Waals surface area contributed by atoms with Gasteiger partial charge in [0.1, 0.15) is 0 Å². The van der Waals surface area contributed by atoms with Crippen LogP contribution in [0.4, 0.5) is 0 Å². The smallest absolute Gasteiger partial charge is 0.312 e. The summed E-state index contributed by atoms with van der Waals surface area (Å²) in [5.74, 6) is 4.00. The van der Waals surface area contributed by atoms with Crippen molar-refractivity contribution in [3.8, 4) is 0 Å². The fourth-order valence-corrected chi connectivity index (χ4v) is 6.21. The maximum absolute atomic E-state index is 11.8. The maximum atomic E-state index is 11.8. The number of ether oxygens (including phenoxy) is 1. The average Bonchev–Trinajstić information content (AvgIpc) is 2.97. The summed E-state index contributed by atoms with van der Waals surface area (Å²) in [6, 6.07) is 0. The average molecular weight is 192 g/mol. The van der Waals surface area contributed by atoms with Gasteiger partial charge in [0.05, 0.1) is 18.6 Å². The van der Waals surface area contributed by atoms with Crippen LogP contribution in [0, 0.1) is 46.8 Å². The Labute approximate surface area is 81.4 Å². The third kappa shape index (κ3) is 0.329. The molecule has 6 saturated carbocycles. The molecule has 3 heteroatoms. The van der Waals surface area contributed by atoms with Crippen LogP contribution in [-0.2, 0) is 9.53 Å². The summed E-state index contributed by atoms with van der Waals surface area (Å²) < 4.78 is 4.96. The molecule has 0 aromatic carbocycles. The van der Waals surface area contributed by atoms with Crippen LogP contribution in [0.1, 0.15) is 0 Å². The number of esters is 1. The van der Waals surface area contributed by atoms with Gasteiger partial charge in [-0.3, -0.25) is 4.79 Å². The fraction of sp³-hybridized carbons (Fsp3) is 0.909. The van der Waals surface area contributed by atoms with E-state index in [-0.39, 0.29) is 17.5 Å². The Bertz CT molecular complexity index is 366. The SMILES string of the molecule is COC(=O)C12C3[C@H]4[C@H]3[C@H]3C(O)[C@H]4[C@H]1[C@H]32. The molecule has 0 aromatic rings. The maximum Gasteiger partial charge on any atom is 0.312 e. The lowest BCUT2D eigenvalue weighted by Gasteiger charge is -2.14. The largest absolute Gasteiger partial charge is 0.469 e. The molecule has 1 N–H and O–H groups in total. The third-order valence-electron chi connectivity index (χ3n) is 6.11. The van der Waals surface area contributed by atoms with Gasteiger partial charge in [0, 0.05) is 0 Å². The number of rotatable bonds is 1. The number of carbonyl (C=O) groups excluding carboxylic acids is 1. The normalized spacial score (nSPS) is 77.9. The first kappa shape index (κ1) is 6.83. The molecule has 0 radical (unpaired) electrons. The van der Waals surface area contributed by atoms with Gasteiger partial charge >= 0.3 is 5.97 Å². The Balaban J connectivity index is 1.71. The number of carbonyl (C=O) groups is 1. The number of hydrogen-bond donors (Lipinski definition) is 1. The van der Waals surface area contributed by atoms with Crippen LogP contribution < -0.4 is 0 Å². The highest BCUT2D eigenvalue weighted by Crippen LogP contribution is 2.99. The van der Waals surface area contributed by atoms with Crippen molar-refractivity contribution in [2.45, 2.75) is 6.10 Å². The highest BCUT2D eigenvalue weighted by molar-refractivity contribution is 5.86.